The summed E-state index contributed by atoms with van der Waals surface area (Å²) in [7, 11) is 0. The number of nitrogens with one attached hydrogen (secondary N) is 1. The van der Waals surface area contributed by atoms with Crippen molar-refractivity contribution in [1.29, 1.82) is 0 Å². The van der Waals surface area contributed by atoms with Gasteiger partial charge in [-0.05, 0) is 43.9 Å². The highest BCUT2D eigenvalue weighted by Crippen LogP contribution is 2.39. The lowest BCUT2D eigenvalue weighted by atomic mass is 9.74. The second-order valence-corrected chi connectivity index (χ2v) is 4.72. The Kier molecular flexibility index (Phi) is 2.96. The zero-order valence-electron chi connectivity index (χ0n) is 9.99. The second-order valence-electron chi connectivity index (χ2n) is 4.72. The number of hydrogen-bond donors (Lipinski definition) is 3. The minimum absolute atomic E-state index is 0.0675. The van der Waals surface area contributed by atoms with Crippen LogP contribution in [0.25, 0.3) is 0 Å². The number of benzene rings is 1. The lowest BCUT2D eigenvalue weighted by Gasteiger charge is -2.43. The van der Waals surface area contributed by atoms with Gasteiger partial charge in [-0.2, -0.15) is 0 Å². The van der Waals surface area contributed by atoms with Crippen LogP contribution in [0, 0.1) is 0 Å². The third-order valence-electron chi connectivity index (χ3n) is 3.66. The summed E-state index contributed by atoms with van der Waals surface area (Å²) in [5.74, 6) is -0.918. The van der Waals surface area contributed by atoms with E-state index >= 15 is 0 Å². The zero-order chi connectivity index (χ0) is 12.5. The third-order valence-corrected chi connectivity index (χ3v) is 3.66. The van der Waals surface area contributed by atoms with Gasteiger partial charge in [-0.25, -0.2) is 4.79 Å². The van der Waals surface area contributed by atoms with Crippen LogP contribution in [0.15, 0.2) is 18.2 Å². The Morgan fingerprint density at radius 2 is 2.24 bits per heavy atom. The normalized spacial score (nSPS) is 17.2. The van der Waals surface area contributed by atoms with Crippen LogP contribution in [0.1, 0.15) is 43.0 Å². The van der Waals surface area contributed by atoms with Gasteiger partial charge in [-0.3, -0.25) is 0 Å². The van der Waals surface area contributed by atoms with Crippen molar-refractivity contribution in [2.45, 2.75) is 38.1 Å². The van der Waals surface area contributed by atoms with E-state index in [0.29, 0.717) is 16.9 Å². The van der Waals surface area contributed by atoms with E-state index < -0.39 is 5.97 Å². The predicted octanol–water partition coefficient (Wildman–Crippen LogP) is 2.71. The molecule has 1 fully saturated rings. The van der Waals surface area contributed by atoms with Crippen molar-refractivity contribution < 1.29 is 9.90 Å². The van der Waals surface area contributed by atoms with Crippen molar-refractivity contribution in [3.63, 3.8) is 0 Å². The lowest BCUT2D eigenvalue weighted by molar-refractivity contribution is 0.0697. The Labute approximate surface area is 101 Å². The molecule has 1 aromatic rings. The largest absolute Gasteiger partial charge is 0.478 e. The summed E-state index contributed by atoms with van der Waals surface area (Å²) >= 11 is 0. The molecule has 0 heterocycles. The fourth-order valence-corrected chi connectivity index (χ4v) is 2.31. The average molecular weight is 234 g/mol. The van der Waals surface area contributed by atoms with Crippen molar-refractivity contribution in [2.24, 2.45) is 0 Å². The summed E-state index contributed by atoms with van der Waals surface area (Å²) in [4.78, 5) is 11.1. The standard InChI is InChI=1S/C13H18N2O2/c1-2-13(6-3-7-13)15-11-8-9(14)4-5-10(11)12(16)17/h4-5,8,15H,2-3,6-7,14H2,1H3,(H,16,17). The van der Waals surface area contributed by atoms with E-state index in [4.69, 9.17) is 10.8 Å². The Morgan fingerprint density at radius 1 is 1.53 bits per heavy atom. The average Bonchev–Trinajstić information content (AvgIpc) is 2.23. The Bertz CT molecular complexity index is 434. The number of hydrogen-bond acceptors (Lipinski definition) is 3. The monoisotopic (exact) mass is 234 g/mol. The number of rotatable bonds is 4. The van der Waals surface area contributed by atoms with Gasteiger partial charge in [0, 0.05) is 11.2 Å². The molecular weight excluding hydrogens is 216 g/mol. The molecule has 4 nitrogen and oxygen atoms in total. The summed E-state index contributed by atoms with van der Waals surface area (Å²) in [6.45, 7) is 2.12. The number of carboxylic acid groups (broad SMARTS) is 1. The smallest absolute Gasteiger partial charge is 0.337 e. The maximum absolute atomic E-state index is 11.1. The van der Waals surface area contributed by atoms with Crippen LogP contribution in [-0.2, 0) is 0 Å². The van der Waals surface area contributed by atoms with Gasteiger partial charge in [0.1, 0.15) is 0 Å². The van der Waals surface area contributed by atoms with Gasteiger partial charge in [0.25, 0.3) is 0 Å². The Hall–Kier alpha value is -1.71. The fraction of sp³-hybridized carbons (Fsp3) is 0.462. The van der Waals surface area contributed by atoms with E-state index in [2.05, 4.69) is 12.2 Å². The van der Waals surface area contributed by atoms with Crippen molar-refractivity contribution >= 4 is 17.3 Å². The van der Waals surface area contributed by atoms with Crippen molar-refractivity contribution in [3.05, 3.63) is 23.8 Å². The molecule has 92 valence electrons. The van der Waals surface area contributed by atoms with E-state index in [1.807, 2.05) is 0 Å². The summed E-state index contributed by atoms with van der Waals surface area (Å²) in [5, 5.41) is 12.5. The van der Waals surface area contributed by atoms with Gasteiger partial charge >= 0.3 is 5.97 Å². The minimum atomic E-state index is -0.918. The molecule has 0 bridgehead atoms. The topological polar surface area (TPSA) is 75.3 Å². The van der Waals surface area contributed by atoms with E-state index in [1.165, 1.54) is 6.42 Å². The first-order valence-corrected chi connectivity index (χ1v) is 5.97. The molecule has 0 amide bonds. The lowest BCUT2D eigenvalue weighted by Crippen LogP contribution is -2.44. The molecule has 2 rings (SSSR count). The molecule has 0 aliphatic heterocycles. The second kappa shape index (κ2) is 4.28. The maximum atomic E-state index is 11.1. The van der Waals surface area contributed by atoms with Crippen LogP contribution < -0.4 is 11.1 Å². The SMILES string of the molecule is CCC1(Nc2cc(N)ccc2C(=O)O)CCC1. The molecule has 1 aliphatic rings. The van der Waals surface area contributed by atoms with Crippen molar-refractivity contribution in [1.82, 2.24) is 0 Å². The Morgan fingerprint density at radius 3 is 2.71 bits per heavy atom. The van der Waals surface area contributed by atoms with Crippen LogP contribution in [0.5, 0.6) is 0 Å². The highest BCUT2D eigenvalue weighted by molar-refractivity contribution is 5.95. The van der Waals surface area contributed by atoms with E-state index in [1.54, 1.807) is 18.2 Å². The number of carbonyl (C=O) groups is 1. The quantitative estimate of drug-likeness (QED) is 0.700. The third kappa shape index (κ3) is 2.20. The van der Waals surface area contributed by atoms with Gasteiger partial charge < -0.3 is 16.2 Å². The first-order valence-electron chi connectivity index (χ1n) is 5.97. The summed E-state index contributed by atoms with van der Waals surface area (Å²) in [6.07, 6.45) is 4.39. The summed E-state index contributed by atoms with van der Waals surface area (Å²) in [6, 6.07) is 4.88. The van der Waals surface area contributed by atoms with Gasteiger partial charge in [0.2, 0.25) is 0 Å². The van der Waals surface area contributed by atoms with Gasteiger partial charge in [-0.15, -0.1) is 0 Å². The van der Waals surface area contributed by atoms with Gasteiger partial charge in [0.15, 0.2) is 0 Å². The molecule has 1 aliphatic carbocycles. The predicted molar refractivity (Wildman–Crippen MR) is 68.3 cm³/mol. The van der Waals surface area contributed by atoms with Gasteiger partial charge in [-0.1, -0.05) is 6.92 Å². The molecule has 4 N–H and O–H groups in total. The molecule has 0 atom stereocenters. The molecule has 1 aromatic carbocycles. The molecule has 17 heavy (non-hydrogen) atoms. The van der Waals surface area contributed by atoms with Crippen LogP contribution in [0.3, 0.4) is 0 Å². The first-order chi connectivity index (χ1) is 8.06. The number of anilines is 2. The molecule has 0 radical (unpaired) electrons. The van der Waals surface area contributed by atoms with Crippen LogP contribution in [0.4, 0.5) is 11.4 Å². The van der Waals surface area contributed by atoms with Crippen molar-refractivity contribution in [2.75, 3.05) is 11.1 Å². The number of aromatic carboxylic acids is 1. The first kappa shape index (κ1) is 11.8. The highest BCUT2D eigenvalue weighted by Gasteiger charge is 2.35. The van der Waals surface area contributed by atoms with Crippen LogP contribution >= 0.6 is 0 Å². The molecule has 0 aromatic heterocycles. The molecule has 4 heteroatoms. The summed E-state index contributed by atoms with van der Waals surface area (Å²) in [5.41, 5.74) is 7.30. The minimum Gasteiger partial charge on any atom is -0.478 e. The molecule has 0 unspecified atom stereocenters. The van der Waals surface area contributed by atoms with E-state index in [9.17, 15) is 4.79 Å². The van der Waals surface area contributed by atoms with Crippen LogP contribution in [-0.4, -0.2) is 16.6 Å². The van der Waals surface area contributed by atoms with Crippen LogP contribution in [0.2, 0.25) is 0 Å². The molecule has 0 spiro atoms. The van der Waals surface area contributed by atoms with E-state index in [-0.39, 0.29) is 5.54 Å². The van der Waals surface area contributed by atoms with Crippen molar-refractivity contribution in [3.8, 4) is 0 Å². The number of nitrogen functional groups attached to an aromatic ring is 1. The molecule has 0 saturated heterocycles. The highest BCUT2D eigenvalue weighted by atomic mass is 16.4. The van der Waals surface area contributed by atoms with E-state index in [0.717, 1.165) is 19.3 Å². The zero-order valence-corrected chi connectivity index (χ0v) is 9.99. The summed E-state index contributed by atoms with van der Waals surface area (Å²) < 4.78 is 0. The number of nitrogens with two attached hydrogens (primary N) is 1. The molecule has 1 saturated carbocycles. The molecular formula is C13H18N2O2. The fourth-order valence-electron chi connectivity index (χ4n) is 2.31. The Balaban J connectivity index is 2.30. The maximum Gasteiger partial charge on any atom is 0.337 e. The number of carboxylic acids is 1. The van der Waals surface area contributed by atoms with Gasteiger partial charge in [0.05, 0.1) is 11.3 Å².